The number of carboxylic acid groups (broad SMARTS) is 1. The average molecular weight is 250 g/mol. The number of unbranched alkanes of at least 4 members (excludes halogenated alkanes) is 1. The van der Waals surface area contributed by atoms with Crippen molar-refractivity contribution in [1.82, 2.24) is 0 Å². The molecule has 0 heterocycles. The molecular weight excluding hydrogens is 232 g/mol. The minimum Gasteiger partial charge on any atom is -0.478 e. The number of hydrogen-bond acceptors (Lipinski definition) is 3. The highest BCUT2D eigenvalue weighted by atomic mass is 16.4. The lowest BCUT2D eigenvalue weighted by atomic mass is 10.1. The van der Waals surface area contributed by atoms with E-state index >= 15 is 0 Å². The Bertz CT molecular complexity index is 458. The predicted octanol–water partition coefficient (Wildman–Crippen LogP) is 2.12. The van der Waals surface area contributed by atoms with Gasteiger partial charge in [-0.25, -0.2) is 4.79 Å². The highest BCUT2D eigenvalue weighted by Crippen LogP contribution is 2.24. The van der Waals surface area contributed by atoms with Crippen LogP contribution < -0.4 is 10.6 Å². The minimum atomic E-state index is -1.03. The maximum Gasteiger partial charge on any atom is 0.335 e. The molecule has 0 aliphatic carbocycles. The molecule has 0 saturated carbocycles. The van der Waals surface area contributed by atoms with Gasteiger partial charge >= 0.3 is 5.97 Å². The van der Waals surface area contributed by atoms with Crippen LogP contribution in [0.2, 0.25) is 0 Å². The highest BCUT2D eigenvalue weighted by molar-refractivity contribution is 5.97. The number of carbonyl (C=O) groups excluding carboxylic acids is 1. The second-order valence-corrected chi connectivity index (χ2v) is 4.14. The first-order valence-corrected chi connectivity index (χ1v) is 5.86. The molecule has 98 valence electrons. The smallest absolute Gasteiger partial charge is 0.335 e. The molecule has 0 fully saturated rings. The van der Waals surface area contributed by atoms with Crippen LogP contribution in [0, 0.1) is 0 Å². The van der Waals surface area contributed by atoms with Crippen molar-refractivity contribution in [3.05, 3.63) is 23.8 Å². The van der Waals surface area contributed by atoms with Crippen molar-refractivity contribution >= 4 is 23.3 Å². The number of carboxylic acids is 1. The summed E-state index contributed by atoms with van der Waals surface area (Å²) in [6.45, 7) is 2.02. The molecule has 0 radical (unpaired) electrons. The van der Waals surface area contributed by atoms with E-state index in [1.165, 1.54) is 17.0 Å². The van der Waals surface area contributed by atoms with Crippen LogP contribution in [0.3, 0.4) is 0 Å². The Hall–Kier alpha value is -2.04. The van der Waals surface area contributed by atoms with Crippen LogP contribution in [0.15, 0.2) is 18.2 Å². The number of nitrogens with zero attached hydrogens (tertiary/aromatic N) is 1. The van der Waals surface area contributed by atoms with Gasteiger partial charge in [-0.1, -0.05) is 13.3 Å². The van der Waals surface area contributed by atoms with E-state index in [9.17, 15) is 9.59 Å². The molecule has 0 atom stereocenters. The number of nitrogen functional groups attached to an aromatic ring is 1. The largest absolute Gasteiger partial charge is 0.478 e. The van der Waals surface area contributed by atoms with E-state index in [2.05, 4.69) is 0 Å². The molecule has 0 aliphatic rings. The average Bonchev–Trinajstić information content (AvgIpc) is 2.34. The summed E-state index contributed by atoms with van der Waals surface area (Å²) in [5.41, 5.74) is 6.72. The fourth-order valence-corrected chi connectivity index (χ4v) is 1.62. The molecule has 1 aromatic rings. The van der Waals surface area contributed by atoms with Crippen LogP contribution in [0.5, 0.6) is 0 Å². The number of hydrogen-bond donors (Lipinski definition) is 2. The van der Waals surface area contributed by atoms with Crippen molar-refractivity contribution in [1.29, 1.82) is 0 Å². The van der Waals surface area contributed by atoms with Gasteiger partial charge < -0.3 is 15.7 Å². The topological polar surface area (TPSA) is 83.6 Å². The summed E-state index contributed by atoms with van der Waals surface area (Å²) in [4.78, 5) is 24.1. The monoisotopic (exact) mass is 250 g/mol. The summed E-state index contributed by atoms with van der Waals surface area (Å²) < 4.78 is 0. The fourth-order valence-electron chi connectivity index (χ4n) is 1.62. The first-order valence-electron chi connectivity index (χ1n) is 5.86. The zero-order valence-corrected chi connectivity index (χ0v) is 10.6. The van der Waals surface area contributed by atoms with E-state index in [1.54, 1.807) is 13.1 Å². The van der Waals surface area contributed by atoms with E-state index in [-0.39, 0.29) is 11.5 Å². The molecular formula is C13H18N2O3. The zero-order chi connectivity index (χ0) is 13.7. The number of carbonyl (C=O) groups is 2. The SMILES string of the molecule is CCCCC(=O)N(C)c1ccc(C(=O)O)cc1N. The lowest BCUT2D eigenvalue weighted by Crippen LogP contribution is -2.26. The van der Waals surface area contributed by atoms with Gasteiger partial charge in [0.2, 0.25) is 5.91 Å². The van der Waals surface area contributed by atoms with Gasteiger partial charge in [0, 0.05) is 13.5 Å². The Kier molecular flexibility index (Phi) is 4.71. The summed E-state index contributed by atoms with van der Waals surface area (Å²) in [5, 5.41) is 8.83. The normalized spacial score (nSPS) is 10.1. The van der Waals surface area contributed by atoms with Crippen molar-refractivity contribution in [2.24, 2.45) is 0 Å². The highest BCUT2D eigenvalue weighted by Gasteiger charge is 2.14. The summed E-state index contributed by atoms with van der Waals surface area (Å²) in [6, 6.07) is 4.36. The number of amides is 1. The lowest BCUT2D eigenvalue weighted by molar-refractivity contribution is -0.118. The maximum atomic E-state index is 11.8. The van der Waals surface area contributed by atoms with E-state index in [4.69, 9.17) is 10.8 Å². The fraction of sp³-hybridized carbons (Fsp3) is 0.385. The number of nitrogens with two attached hydrogens (primary N) is 1. The molecule has 5 heteroatoms. The maximum absolute atomic E-state index is 11.8. The van der Waals surface area contributed by atoms with Crippen LogP contribution in [-0.2, 0) is 4.79 Å². The van der Waals surface area contributed by atoms with Gasteiger partial charge in [0.25, 0.3) is 0 Å². The van der Waals surface area contributed by atoms with Crippen LogP contribution in [0.1, 0.15) is 36.5 Å². The third-order valence-electron chi connectivity index (χ3n) is 2.75. The Morgan fingerprint density at radius 1 is 1.39 bits per heavy atom. The molecule has 0 spiro atoms. The summed E-state index contributed by atoms with van der Waals surface area (Å²) in [5.74, 6) is -1.06. The number of aromatic carboxylic acids is 1. The molecule has 18 heavy (non-hydrogen) atoms. The van der Waals surface area contributed by atoms with Crippen LogP contribution in [0.25, 0.3) is 0 Å². The van der Waals surface area contributed by atoms with E-state index in [0.717, 1.165) is 12.8 Å². The molecule has 1 aromatic carbocycles. The van der Waals surface area contributed by atoms with Crippen LogP contribution in [-0.4, -0.2) is 24.0 Å². The van der Waals surface area contributed by atoms with Crippen molar-refractivity contribution < 1.29 is 14.7 Å². The first kappa shape index (κ1) is 14.0. The summed E-state index contributed by atoms with van der Waals surface area (Å²) in [6.07, 6.45) is 2.25. The first-order chi connectivity index (χ1) is 8.47. The summed E-state index contributed by atoms with van der Waals surface area (Å²) in [7, 11) is 1.64. The van der Waals surface area contributed by atoms with Crippen LogP contribution >= 0.6 is 0 Å². The number of rotatable bonds is 5. The van der Waals surface area contributed by atoms with Gasteiger partial charge in [0.1, 0.15) is 0 Å². The van der Waals surface area contributed by atoms with Crippen LogP contribution in [0.4, 0.5) is 11.4 Å². The standard InChI is InChI=1S/C13H18N2O3/c1-3-4-5-12(16)15(2)11-7-6-9(13(17)18)8-10(11)14/h6-8H,3-5,14H2,1-2H3,(H,17,18). The van der Waals surface area contributed by atoms with Gasteiger partial charge in [-0.15, -0.1) is 0 Å². The van der Waals surface area contributed by atoms with Crippen molar-refractivity contribution in [3.8, 4) is 0 Å². The Morgan fingerprint density at radius 2 is 2.06 bits per heavy atom. The second-order valence-electron chi connectivity index (χ2n) is 4.14. The lowest BCUT2D eigenvalue weighted by Gasteiger charge is -2.19. The van der Waals surface area contributed by atoms with Crippen molar-refractivity contribution in [2.45, 2.75) is 26.2 Å². The minimum absolute atomic E-state index is 0.0216. The molecule has 0 unspecified atom stereocenters. The number of anilines is 2. The Labute approximate surface area is 106 Å². The molecule has 1 amide bonds. The third-order valence-corrected chi connectivity index (χ3v) is 2.75. The molecule has 0 bridgehead atoms. The van der Waals surface area contributed by atoms with Gasteiger partial charge in [-0.3, -0.25) is 4.79 Å². The van der Waals surface area contributed by atoms with E-state index in [1.807, 2.05) is 6.92 Å². The molecule has 3 N–H and O–H groups in total. The van der Waals surface area contributed by atoms with Gasteiger partial charge in [0.05, 0.1) is 16.9 Å². The third kappa shape index (κ3) is 3.23. The van der Waals surface area contributed by atoms with E-state index in [0.29, 0.717) is 17.8 Å². The molecule has 1 rings (SSSR count). The quantitative estimate of drug-likeness (QED) is 0.784. The Morgan fingerprint density at radius 3 is 2.56 bits per heavy atom. The molecule has 0 aliphatic heterocycles. The second kappa shape index (κ2) is 6.05. The van der Waals surface area contributed by atoms with E-state index < -0.39 is 5.97 Å². The Balaban J connectivity index is 2.89. The van der Waals surface area contributed by atoms with Gasteiger partial charge in [-0.2, -0.15) is 0 Å². The van der Waals surface area contributed by atoms with Gasteiger partial charge in [-0.05, 0) is 24.6 Å². The predicted molar refractivity (Wildman–Crippen MR) is 70.7 cm³/mol. The van der Waals surface area contributed by atoms with Gasteiger partial charge in [0.15, 0.2) is 0 Å². The molecule has 0 aromatic heterocycles. The molecule has 0 saturated heterocycles. The van der Waals surface area contributed by atoms with Crippen molar-refractivity contribution in [2.75, 3.05) is 17.7 Å². The van der Waals surface area contributed by atoms with Crippen molar-refractivity contribution in [3.63, 3.8) is 0 Å². The summed E-state index contributed by atoms with van der Waals surface area (Å²) >= 11 is 0. The zero-order valence-electron chi connectivity index (χ0n) is 10.6. The molecule has 5 nitrogen and oxygen atoms in total. The number of benzene rings is 1.